The van der Waals surface area contributed by atoms with Crippen LogP contribution in [-0.4, -0.2) is 32.7 Å². The highest BCUT2D eigenvalue weighted by molar-refractivity contribution is 7.98. The molecular formula is C20H26N2O3S2. The highest BCUT2D eigenvalue weighted by Crippen LogP contribution is 2.25. The smallest absolute Gasteiger partial charge is 0.264 e. The molecule has 2 rings (SSSR count). The fraction of sp³-hybridized carbons (Fsp3) is 0.350. The van der Waals surface area contributed by atoms with Crippen LogP contribution in [0.3, 0.4) is 0 Å². The molecule has 1 amide bonds. The number of carbonyl (C=O) groups is 1. The molecule has 0 bridgehead atoms. The number of nitrogens with zero attached hydrogens (tertiary/aromatic N) is 1. The largest absolute Gasteiger partial charge is 0.350 e. The minimum absolute atomic E-state index is 0.157. The Balaban J connectivity index is 2.43. The van der Waals surface area contributed by atoms with Crippen LogP contribution >= 0.6 is 11.8 Å². The Morgan fingerprint density at radius 1 is 1.04 bits per heavy atom. The van der Waals surface area contributed by atoms with Crippen LogP contribution < -0.4 is 9.62 Å². The van der Waals surface area contributed by atoms with Crippen molar-refractivity contribution in [2.75, 3.05) is 17.1 Å². The van der Waals surface area contributed by atoms with E-state index in [1.807, 2.05) is 46.1 Å². The summed E-state index contributed by atoms with van der Waals surface area (Å²) in [5.74, 6) is -0.354. The molecule has 0 heterocycles. The van der Waals surface area contributed by atoms with Crippen molar-refractivity contribution in [2.24, 2.45) is 0 Å². The summed E-state index contributed by atoms with van der Waals surface area (Å²) in [6.45, 7) is 7.22. The minimum Gasteiger partial charge on any atom is -0.350 e. The van der Waals surface area contributed by atoms with Gasteiger partial charge < -0.3 is 5.32 Å². The van der Waals surface area contributed by atoms with Crippen LogP contribution in [-0.2, 0) is 14.8 Å². The molecule has 7 heteroatoms. The highest BCUT2D eigenvalue weighted by atomic mass is 32.2. The van der Waals surface area contributed by atoms with Gasteiger partial charge in [-0.05, 0) is 70.3 Å². The average Bonchev–Trinajstić information content (AvgIpc) is 2.59. The number of hydrogen-bond acceptors (Lipinski definition) is 4. The predicted molar refractivity (Wildman–Crippen MR) is 112 cm³/mol. The molecule has 27 heavy (non-hydrogen) atoms. The number of thioether (sulfide) groups is 1. The lowest BCUT2D eigenvalue weighted by atomic mass is 10.1. The number of aryl methyl sites for hydroxylation is 1. The lowest BCUT2D eigenvalue weighted by Gasteiger charge is -2.27. The number of benzene rings is 2. The van der Waals surface area contributed by atoms with Gasteiger partial charge in [-0.1, -0.05) is 17.7 Å². The number of carbonyl (C=O) groups excluding carboxylic acids is 1. The molecule has 0 aliphatic heterocycles. The van der Waals surface area contributed by atoms with Gasteiger partial charge in [0.25, 0.3) is 10.0 Å². The van der Waals surface area contributed by atoms with Gasteiger partial charge in [-0.3, -0.25) is 9.10 Å². The van der Waals surface area contributed by atoms with Gasteiger partial charge in [-0.25, -0.2) is 8.42 Å². The van der Waals surface area contributed by atoms with E-state index in [0.29, 0.717) is 5.69 Å². The standard InChI is InChI=1S/C20H26N2O3S2/c1-15-6-8-16(9-7-15)22(14-19(23)21-20(2,3)4)27(24,25)18-12-10-17(26-5)11-13-18/h6-13H,14H2,1-5H3,(H,21,23). The number of amides is 1. The second-order valence-electron chi connectivity index (χ2n) is 7.32. The Morgan fingerprint density at radius 2 is 1.59 bits per heavy atom. The molecule has 0 radical (unpaired) electrons. The molecule has 0 fully saturated rings. The zero-order valence-electron chi connectivity index (χ0n) is 16.3. The number of anilines is 1. The monoisotopic (exact) mass is 406 g/mol. The van der Waals surface area contributed by atoms with Crippen LogP contribution in [0.5, 0.6) is 0 Å². The Hall–Kier alpha value is -1.99. The topological polar surface area (TPSA) is 66.5 Å². The van der Waals surface area contributed by atoms with Crippen molar-refractivity contribution < 1.29 is 13.2 Å². The van der Waals surface area contributed by atoms with Gasteiger partial charge in [0.15, 0.2) is 0 Å². The molecule has 0 saturated heterocycles. The molecule has 2 aromatic rings. The summed E-state index contributed by atoms with van der Waals surface area (Å²) in [4.78, 5) is 13.6. The fourth-order valence-corrected chi connectivity index (χ4v) is 4.32. The van der Waals surface area contributed by atoms with E-state index in [0.717, 1.165) is 14.8 Å². The van der Waals surface area contributed by atoms with E-state index >= 15 is 0 Å². The van der Waals surface area contributed by atoms with Gasteiger partial charge in [-0.15, -0.1) is 11.8 Å². The molecule has 0 aliphatic rings. The Bertz CT molecular complexity index is 884. The maximum Gasteiger partial charge on any atom is 0.264 e. The third kappa shape index (κ3) is 5.74. The van der Waals surface area contributed by atoms with E-state index in [1.54, 1.807) is 36.4 Å². The first-order chi connectivity index (χ1) is 12.5. The predicted octanol–water partition coefficient (Wildman–Crippen LogP) is 3.83. The van der Waals surface area contributed by atoms with Crippen LogP contribution in [0, 0.1) is 6.92 Å². The molecule has 5 nitrogen and oxygen atoms in total. The first-order valence-electron chi connectivity index (χ1n) is 8.57. The van der Waals surface area contributed by atoms with E-state index in [1.165, 1.54) is 11.8 Å². The van der Waals surface area contributed by atoms with Crippen LogP contribution in [0.15, 0.2) is 58.3 Å². The maximum atomic E-state index is 13.3. The summed E-state index contributed by atoms with van der Waals surface area (Å²) >= 11 is 1.54. The molecule has 146 valence electrons. The van der Waals surface area contributed by atoms with E-state index < -0.39 is 15.6 Å². The third-order valence-electron chi connectivity index (χ3n) is 3.77. The molecule has 0 unspecified atom stereocenters. The van der Waals surface area contributed by atoms with Crippen molar-refractivity contribution >= 4 is 33.4 Å². The highest BCUT2D eigenvalue weighted by Gasteiger charge is 2.28. The summed E-state index contributed by atoms with van der Waals surface area (Å²) < 4.78 is 27.7. The number of rotatable bonds is 6. The number of sulfonamides is 1. The fourth-order valence-electron chi connectivity index (χ4n) is 2.49. The summed E-state index contributed by atoms with van der Waals surface area (Å²) in [5.41, 5.74) is 1.03. The second kappa shape index (κ2) is 8.35. The number of hydrogen-bond donors (Lipinski definition) is 1. The minimum atomic E-state index is -3.88. The van der Waals surface area contributed by atoms with Crippen LogP contribution in [0.1, 0.15) is 26.3 Å². The van der Waals surface area contributed by atoms with Crippen molar-refractivity contribution in [3.63, 3.8) is 0 Å². The Kier molecular flexibility index (Phi) is 6.59. The van der Waals surface area contributed by atoms with Gasteiger partial charge in [0.2, 0.25) is 5.91 Å². The van der Waals surface area contributed by atoms with Crippen LogP contribution in [0.25, 0.3) is 0 Å². The first kappa shape index (κ1) is 21.3. The van der Waals surface area contributed by atoms with E-state index in [4.69, 9.17) is 0 Å². The first-order valence-corrected chi connectivity index (χ1v) is 11.2. The lowest BCUT2D eigenvalue weighted by Crippen LogP contribution is -2.47. The molecule has 0 spiro atoms. The van der Waals surface area contributed by atoms with E-state index in [2.05, 4.69) is 5.32 Å². The van der Waals surface area contributed by atoms with Gasteiger partial charge >= 0.3 is 0 Å². The Labute approximate surface area is 166 Å². The molecule has 0 aliphatic carbocycles. The van der Waals surface area contributed by atoms with Crippen molar-refractivity contribution in [3.05, 3.63) is 54.1 Å². The molecule has 0 atom stereocenters. The second-order valence-corrected chi connectivity index (χ2v) is 10.1. The zero-order chi connectivity index (χ0) is 20.2. The van der Waals surface area contributed by atoms with Crippen molar-refractivity contribution in [3.8, 4) is 0 Å². The van der Waals surface area contributed by atoms with Crippen molar-refractivity contribution in [2.45, 2.75) is 43.0 Å². The van der Waals surface area contributed by atoms with E-state index in [9.17, 15) is 13.2 Å². The summed E-state index contributed by atoms with van der Waals surface area (Å²) in [6, 6.07) is 13.8. The normalized spacial score (nSPS) is 11.9. The van der Waals surface area contributed by atoms with Crippen LogP contribution in [0.2, 0.25) is 0 Å². The molecule has 2 aromatic carbocycles. The van der Waals surface area contributed by atoms with E-state index in [-0.39, 0.29) is 17.3 Å². The van der Waals surface area contributed by atoms with Crippen molar-refractivity contribution in [1.82, 2.24) is 5.32 Å². The summed E-state index contributed by atoms with van der Waals surface area (Å²) in [6.07, 6.45) is 1.93. The zero-order valence-corrected chi connectivity index (χ0v) is 17.9. The Morgan fingerprint density at radius 3 is 2.07 bits per heavy atom. The van der Waals surface area contributed by atoms with Gasteiger partial charge in [0, 0.05) is 10.4 Å². The van der Waals surface area contributed by atoms with Crippen LogP contribution in [0.4, 0.5) is 5.69 Å². The van der Waals surface area contributed by atoms with Gasteiger partial charge in [0.1, 0.15) is 6.54 Å². The quantitative estimate of drug-likeness (QED) is 0.741. The maximum absolute atomic E-state index is 13.3. The van der Waals surface area contributed by atoms with Gasteiger partial charge in [-0.2, -0.15) is 0 Å². The number of nitrogens with one attached hydrogen (secondary N) is 1. The molecule has 1 N–H and O–H groups in total. The molecular weight excluding hydrogens is 380 g/mol. The SMILES string of the molecule is CSc1ccc(S(=O)(=O)N(CC(=O)NC(C)(C)C)c2ccc(C)cc2)cc1. The lowest BCUT2D eigenvalue weighted by molar-refractivity contribution is -0.121. The molecule has 0 aromatic heterocycles. The molecule has 0 saturated carbocycles. The average molecular weight is 407 g/mol. The summed E-state index contributed by atoms with van der Waals surface area (Å²) in [5, 5.41) is 2.82. The third-order valence-corrected chi connectivity index (χ3v) is 6.30. The van der Waals surface area contributed by atoms with Crippen molar-refractivity contribution in [1.29, 1.82) is 0 Å². The van der Waals surface area contributed by atoms with Gasteiger partial charge in [0.05, 0.1) is 10.6 Å². The summed E-state index contributed by atoms with van der Waals surface area (Å²) in [7, 11) is -3.88.